The van der Waals surface area contributed by atoms with Crippen LogP contribution in [0.5, 0.6) is 0 Å². The van der Waals surface area contributed by atoms with Gasteiger partial charge in [0.1, 0.15) is 6.26 Å². The number of ether oxygens (including phenoxy) is 1. The molecule has 0 atom stereocenters. The minimum Gasteiger partial charge on any atom is -0.464 e. The van der Waals surface area contributed by atoms with E-state index >= 15 is 0 Å². The molecule has 0 radical (unpaired) electrons. The number of nitrogens with zero attached hydrogens (tertiary/aromatic N) is 2. The van der Waals surface area contributed by atoms with Gasteiger partial charge in [-0.15, -0.1) is 0 Å². The summed E-state index contributed by atoms with van der Waals surface area (Å²) in [6.07, 6.45) is 3.18. The van der Waals surface area contributed by atoms with Crippen LogP contribution in [-0.2, 0) is 11.3 Å². The van der Waals surface area contributed by atoms with E-state index < -0.39 is 5.97 Å². The molecule has 0 saturated heterocycles. The molecule has 0 spiro atoms. The highest BCUT2D eigenvalue weighted by molar-refractivity contribution is 5.98. The highest BCUT2D eigenvalue weighted by Gasteiger charge is 2.34. The van der Waals surface area contributed by atoms with Crippen molar-refractivity contribution >= 4 is 22.6 Å². The van der Waals surface area contributed by atoms with Gasteiger partial charge in [0.25, 0.3) is 5.91 Å². The van der Waals surface area contributed by atoms with E-state index in [9.17, 15) is 9.59 Å². The predicted molar refractivity (Wildman–Crippen MR) is 94.7 cm³/mol. The first-order valence-corrected chi connectivity index (χ1v) is 8.48. The Labute approximate surface area is 150 Å². The molecule has 0 aliphatic heterocycles. The summed E-state index contributed by atoms with van der Waals surface area (Å²) < 4.78 is 9.98. The number of hydrogen-bond acceptors (Lipinski definition) is 5. The van der Waals surface area contributed by atoms with Crippen molar-refractivity contribution in [1.29, 1.82) is 0 Å². The summed E-state index contributed by atoms with van der Waals surface area (Å²) in [6.45, 7) is 0.229. The molecule has 0 unspecified atom stereocenters. The van der Waals surface area contributed by atoms with Gasteiger partial charge in [-0.1, -0.05) is 30.3 Å². The molecule has 0 bridgehead atoms. The first-order chi connectivity index (χ1) is 12.7. The van der Waals surface area contributed by atoms with Gasteiger partial charge in [0.2, 0.25) is 5.89 Å². The summed E-state index contributed by atoms with van der Waals surface area (Å²) in [5.74, 6) is -0.290. The van der Waals surface area contributed by atoms with Crippen LogP contribution in [0.3, 0.4) is 0 Å². The fourth-order valence-electron chi connectivity index (χ4n) is 2.97. The van der Waals surface area contributed by atoms with Crippen LogP contribution in [0.15, 0.2) is 53.1 Å². The van der Waals surface area contributed by atoms with Crippen molar-refractivity contribution in [1.82, 2.24) is 9.88 Å². The number of carbonyl (C=O) groups excluding carboxylic acids is 2. The van der Waals surface area contributed by atoms with Gasteiger partial charge in [0.15, 0.2) is 5.69 Å². The van der Waals surface area contributed by atoms with Crippen molar-refractivity contribution in [2.75, 3.05) is 7.11 Å². The maximum absolute atomic E-state index is 13.0. The number of amides is 1. The summed E-state index contributed by atoms with van der Waals surface area (Å²) in [7, 11) is 1.29. The van der Waals surface area contributed by atoms with Crippen LogP contribution in [0.2, 0.25) is 0 Å². The van der Waals surface area contributed by atoms with Crippen LogP contribution in [0.1, 0.15) is 39.6 Å². The molecule has 132 valence electrons. The summed E-state index contributed by atoms with van der Waals surface area (Å²) >= 11 is 0. The lowest BCUT2D eigenvalue weighted by atomic mass is 10.1. The van der Waals surface area contributed by atoms with Crippen LogP contribution in [0.4, 0.5) is 0 Å². The fourth-order valence-corrected chi connectivity index (χ4v) is 2.97. The molecule has 1 aromatic heterocycles. The van der Waals surface area contributed by atoms with Crippen molar-refractivity contribution in [3.8, 4) is 0 Å². The molecule has 3 aromatic rings. The second-order valence-corrected chi connectivity index (χ2v) is 6.34. The molecule has 1 aliphatic carbocycles. The number of fused-ring (bicyclic) bond motifs is 1. The van der Waals surface area contributed by atoms with Crippen LogP contribution >= 0.6 is 0 Å². The van der Waals surface area contributed by atoms with Crippen molar-refractivity contribution in [3.63, 3.8) is 0 Å². The number of carbonyl (C=O) groups is 2. The maximum Gasteiger partial charge on any atom is 0.360 e. The van der Waals surface area contributed by atoms with E-state index in [0.717, 1.165) is 23.6 Å². The van der Waals surface area contributed by atoms with E-state index in [0.29, 0.717) is 11.5 Å². The lowest BCUT2D eigenvalue weighted by Crippen LogP contribution is -2.32. The first-order valence-electron chi connectivity index (χ1n) is 8.48. The van der Waals surface area contributed by atoms with E-state index in [1.165, 1.54) is 13.4 Å². The Morgan fingerprint density at radius 3 is 2.69 bits per heavy atom. The monoisotopic (exact) mass is 350 g/mol. The van der Waals surface area contributed by atoms with Gasteiger partial charge in [-0.2, -0.15) is 0 Å². The molecular weight excluding hydrogens is 332 g/mol. The second-order valence-electron chi connectivity index (χ2n) is 6.34. The number of rotatable bonds is 5. The van der Waals surface area contributed by atoms with Crippen molar-refractivity contribution in [2.24, 2.45) is 0 Å². The van der Waals surface area contributed by atoms with Gasteiger partial charge in [-0.05, 0) is 35.7 Å². The van der Waals surface area contributed by atoms with Crippen molar-refractivity contribution in [2.45, 2.75) is 25.4 Å². The number of methoxy groups -OCH3 is 1. The number of benzene rings is 2. The first kappa shape index (κ1) is 16.3. The third kappa shape index (κ3) is 3.18. The van der Waals surface area contributed by atoms with Gasteiger partial charge < -0.3 is 14.1 Å². The van der Waals surface area contributed by atoms with Crippen LogP contribution in [-0.4, -0.2) is 34.9 Å². The molecule has 1 fully saturated rings. The second kappa shape index (κ2) is 6.63. The lowest BCUT2D eigenvalue weighted by Gasteiger charge is -2.21. The smallest absolute Gasteiger partial charge is 0.360 e. The molecule has 1 aliphatic rings. The van der Waals surface area contributed by atoms with Gasteiger partial charge in [-0.3, -0.25) is 4.79 Å². The standard InChI is InChI=1S/C20H18N2O4/c1-25-20(24)17-12-26-18(21-17)11-22(16-8-9-16)19(23)15-7-6-13-4-2-3-5-14(13)10-15/h2-7,10,12,16H,8-9,11H2,1H3. The maximum atomic E-state index is 13.0. The number of hydrogen-bond donors (Lipinski definition) is 0. The Hall–Kier alpha value is -3.15. The molecule has 1 amide bonds. The highest BCUT2D eigenvalue weighted by atomic mass is 16.5. The molecule has 26 heavy (non-hydrogen) atoms. The summed E-state index contributed by atoms with van der Waals surface area (Å²) in [5.41, 5.74) is 0.742. The highest BCUT2D eigenvalue weighted by Crippen LogP contribution is 2.30. The Morgan fingerprint density at radius 1 is 1.19 bits per heavy atom. The SMILES string of the molecule is COC(=O)c1coc(CN(C(=O)c2ccc3ccccc3c2)C2CC2)n1. The average Bonchev–Trinajstić information content (AvgIpc) is 3.42. The van der Waals surface area contributed by atoms with Gasteiger partial charge in [-0.25, -0.2) is 9.78 Å². The minimum atomic E-state index is -0.557. The van der Waals surface area contributed by atoms with Gasteiger partial charge in [0, 0.05) is 11.6 Å². The Bertz CT molecular complexity index is 975. The van der Waals surface area contributed by atoms with E-state index in [1.807, 2.05) is 42.5 Å². The van der Waals surface area contributed by atoms with Crippen LogP contribution < -0.4 is 0 Å². The van der Waals surface area contributed by atoms with Gasteiger partial charge in [0.05, 0.1) is 13.7 Å². The largest absolute Gasteiger partial charge is 0.464 e. The van der Waals surface area contributed by atoms with Crippen LogP contribution in [0, 0.1) is 0 Å². The normalized spacial score (nSPS) is 13.6. The Kier molecular flexibility index (Phi) is 4.16. The quantitative estimate of drug-likeness (QED) is 0.659. The molecule has 0 N–H and O–H groups in total. The molecule has 1 saturated carbocycles. The number of oxazole rings is 1. The van der Waals surface area contributed by atoms with E-state index in [2.05, 4.69) is 9.72 Å². The minimum absolute atomic E-state index is 0.0592. The number of esters is 1. The topological polar surface area (TPSA) is 72.6 Å². The zero-order chi connectivity index (χ0) is 18.1. The molecule has 1 heterocycles. The fraction of sp³-hybridized carbons (Fsp3) is 0.250. The third-order valence-electron chi connectivity index (χ3n) is 4.50. The Balaban J connectivity index is 1.58. The van der Waals surface area contributed by atoms with Crippen molar-refractivity contribution < 1.29 is 18.7 Å². The molecular formula is C20H18N2O4. The van der Waals surface area contributed by atoms with Crippen molar-refractivity contribution in [3.05, 3.63) is 65.9 Å². The summed E-state index contributed by atoms with van der Waals surface area (Å²) in [4.78, 5) is 30.4. The zero-order valence-electron chi connectivity index (χ0n) is 14.3. The van der Waals surface area contributed by atoms with E-state index in [4.69, 9.17) is 4.42 Å². The summed E-state index contributed by atoms with van der Waals surface area (Å²) in [5, 5.41) is 2.12. The third-order valence-corrected chi connectivity index (χ3v) is 4.50. The van der Waals surface area contributed by atoms with E-state index in [-0.39, 0.29) is 24.2 Å². The Morgan fingerprint density at radius 2 is 1.96 bits per heavy atom. The lowest BCUT2D eigenvalue weighted by molar-refractivity contribution is 0.0594. The number of aromatic nitrogens is 1. The van der Waals surface area contributed by atoms with Gasteiger partial charge >= 0.3 is 5.97 Å². The predicted octanol–water partition coefficient (Wildman–Crippen LogP) is 3.42. The summed E-state index contributed by atoms with van der Waals surface area (Å²) in [6, 6.07) is 13.8. The molecule has 2 aromatic carbocycles. The molecule has 4 rings (SSSR count). The zero-order valence-corrected chi connectivity index (χ0v) is 14.3. The average molecular weight is 350 g/mol. The molecule has 6 heteroatoms. The van der Waals surface area contributed by atoms with E-state index in [1.54, 1.807) is 4.90 Å². The van der Waals surface area contributed by atoms with Crippen LogP contribution in [0.25, 0.3) is 10.8 Å². The molecule has 6 nitrogen and oxygen atoms in total.